The van der Waals surface area contributed by atoms with Crippen LogP contribution in [-0.2, 0) is 4.74 Å². The molecule has 0 spiro atoms. The maximum atomic E-state index is 5.97. The molecule has 1 aliphatic rings. The molecule has 1 heterocycles. The van der Waals surface area contributed by atoms with Crippen LogP contribution in [0.25, 0.3) is 0 Å². The Bertz CT molecular complexity index is 229. The van der Waals surface area contributed by atoms with E-state index in [4.69, 9.17) is 4.74 Å². The molecule has 0 aliphatic carbocycles. The van der Waals surface area contributed by atoms with Gasteiger partial charge in [-0.05, 0) is 13.0 Å². The lowest BCUT2D eigenvalue weighted by Gasteiger charge is -2.33. The standard InChI is InChI=1S/C10H22OSi2/c1-8-9-10(11-9,12(2,3)4)13(5,6)7/h8H,1-7H3/b9-8-. The molecule has 1 saturated heterocycles. The summed E-state index contributed by atoms with van der Waals surface area (Å²) in [5.41, 5.74) is 0. The topological polar surface area (TPSA) is 12.5 Å². The molecule has 13 heavy (non-hydrogen) atoms. The summed E-state index contributed by atoms with van der Waals surface area (Å²) in [7, 11) is -2.44. The molecule has 1 nitrogen and oxygen atoms in total. The van der Waals surface area contributed by atoms with Crippen LogP contribution in [0.3, 0.4) is 0 Å². The van der Waals surface area contributed by atoms with Crippen LogP contribution in [0.4, 0.5) is 0 Å². The molecule has 0 bridgehead atoms. The maximum Gasteiger partial charge on any atom is 0.137 e. The molecule has 0 N–H and O–H groups in total. The molecule has 0 amide bonds. The van der Waals surface area contributed by atoms with Crippen LogP contribution in [0.15, 0.2) is 11.8 Å². The predicted octanol–water partition coefficient (Wildman–Crippen LogP) is 3.41. The molecule has 1 rings (SSSR count). The molecule has 0 radical (unpaired) electrons. The van der Waals surface area contributed by atoms with Gasteiger partial charge in [0.05, 0.1) is 0 Å². The second kappa shape index (κ2) is 2.73. The van der Waals surface area contributed by atoms with Gasteiger partial charge in [0.1, 0.15) is 26.8 Å². The van der Waals surface area contributed by atoms with Gasteiger partial charge in [-0.2, -0.15) is 0 Å². The van der Waals surface area contributed by atoms with Crippen LogP contribution in [-0.4, -0.2) is 21.0 Å². The van der Waals surface area contributed by atoms with Crippen LogP contribution < -0.4 is 0 Å². The molecule has 0 atom stereocenters. The van der Waals surface area contributed by atoms with Gasteiger partial charge in [-0.15, -0.1) is 0 Å². The summed E-state index contributed by atoms with van der Waals surface area (Å²) < 4.78 is 5.97. The monoisotopic (exact) mass is 214 g/mol. The minimum atomic E-state index is -1.22. The largest absolute Gasteiger partial charge is 0.488 e. The highest BCUT2D eigenvalue weighted by molar-refractivity contribution is 7.00. The zero-order valence-corrected chi connectivity index (χ0v) is 12.0. The fourth-order valence-corrected chi connectivity index (χ4v) is 14.2. The Morgan fingerprint density at radius 1 is 1.00 bits per heavy atom. The summed E-state index contributed by atoms with van der Waals surface area (Å²) in [5.74, 6) is 1.28. The van der Waals surface area contributed by atoms with Crippen molar-refractivity contribution in [1.29, 1.82) is 0 Å². The second-order valence-corrected chi connectivity index (χ2v) is 16.8. The SMILES string of the molecule is C/C=C1\OC1([Si](C)(C)C)[Si](C)(C)C. The maximum absolute atomic E-state index is 5.97. The first-order valence-electron chi connectivity index (χ1n) is 5.02. The minimum absolute atomic E-state index is 0.231. The number of ether oxygens (including phenoxy) is 1. The molecule has 76 valence electrons. The van der Waals surface area contributed by atoms with Gasteiger partial charge in [-0.1, -0.05) is 39.3 Å². The van der Waals surface area contributed by atoms with Crippen molar-refractivity contribution in [1.82, 2.24) is 0 Å². The lowest BCUT2D eigenvalue weighted by Crippen LogP contribution is -2.57. The van der Waals surface area contributed by atoms with Crippen molar-refractivity contribution in [2.75, 3.05) is 0 Å². The number of hydrogen-bond acceptors (Lipinski definition) is 1. The molecule has 0 saturated carbocycles. The van der Waals surface area contributed by atoms with Crippen molar-refractivity contribution in [2.45, 2.75) is 51.1 Å². The quantitative estimate of drug-likeness (QED) is 0.507. The van der Waals surface area contributed by atoms with E-state index in [-0.39, 0.29) is 4.85 Å². The molecule has 0 aromatic heterocycles. The summed E-state index contributed by atoms with van der Waals surface area (Å²) >= 11 is 0. The van der Waals surface area contributed by atoms with Crippen molar-refractivity contribution in [3.63, 3.8) is 0 Å². The Kier molecular flexibility index (Phi) is 2.32. The molecule has 0 unspecified atom stereocenters. The third-order valence-electron chi connectivity index (χ3n) is 2.94. The van der Waals surface area contributed by atoms with Gasteiger partial charge in [-0.3, -0.25) is 0 Å². The van der Waals surface area contributed by atoms with Crippen LogP contribution >= 0.6 is 0 Å². The molecule has 0 aromatic carbocycles. The fraction of sp³-hybridized carbons (Fsp3) is 0.800. The average molecular weight is 214 g/mol. The van der Waals surface area contributed by atoms with Gasteiger partial charge < -0.3 is 4.74 Å². The van der Waals surface area contributed by atoms with Crippen molar-refractivity contribution >= 4 is 16.1 Å². The van der Waals surface area contributed by atoms with Crippen LogP contribution in [0.5, 0.6) is 0 Å². The van der Waals surface area contributed by atoms with Gasteiger partial charge in [0.15, 0.2) is 0 Å². The molecular formula is C10H22OSi2. The van der Waals surface area contributed by atoms with Gasteiger partial charge in [0.2, 0.25) is 0 Å². The lowest BCUT2D eigenvalue weighted by atomic mass is 10.6. The van der Waals surface area contributed by atoms with Crippen molar-refractivity contribution in [3.05, 3.63) is 11.8 Å². The third kappa shape index (κ3) is 1.42. The Hall–Kier alpha value is -0.0262. The zero-order valence-electron chi connectivity index (χ0n) is 9.99. The van der Waals surface area contributed by atoms with Crippen LogP contribution in [0.1, 0.15) is 6.92 Å². The first-order chi connectivity index (χ1) is 5.67. The highest BCUT2D eigenvalue weighted by Crippen LogP contribution is 2.53. The molecular weight excluding hydrogens is 192 g/mol. The van der Waals surface area contributed by atoms with Gasteiger partial charge in [-0.25, -0.2) is 0 Å². The van der Waals surface area contributed by atoms with E-state index in [1.807, 2.05) is 0 Å². The van der Waals surface area contributed by atoms with Gasteiger partial charge in [0, 0.05) is 0 Å². The van der Waals surface area contributed by atoms with E-state index < -0.39 is 16.1 Å². The molecule has 3 heteroatoms. The zero-order chi connectivity index (χ0) is 10.5. The normalized spacial score (nSPS) is 24.4. The number of rotatable bonds is 2. The Labute approximate surface area is 84.2 Å². The van der Waals surface area contributed by atoms with E-state index in [1.54, 1.807) is 0 Å². The van der Waals surface area contributed by atoms with Crippen molar-refractivity contribution < 1.29 is 4.74 Å². The molecule has 1 aliphatic heterocycles. The van der Waals surface area contributed by atoms with E-state index >= 15 is 0 Å². The lowest BCUT2D eigenvalue weighted by molar-refractivity contribution is 0.442. The summed E-state index contributed by atoms with van der Waals surface area (Å²) in [5, 5.41) is 0. The van der Waals surface area contributed by atoms with Gasteiger partial charge >= 0.3 is 0 Å². The number of allylic oxidation sites excluding steroid dienone is 1. The third-order valence-corrected chi connectivity index (χ3v) is 12.4. The van der Waals surface area contributed by atoms with Gasteiger partial charge in [0.25, 0.3) is 0 Å². The highest BCUT2D eigenvalue weighted by Gasteiger charge is 2.68. The summed E-state index contributed by atoms with van der Waals surface area (Å²) in [6.07, 6.45) is 2.16. The summed E-state index contributed by atoms with van der Waals surface area (Å²) in [6, 6.07) is 0. The number of hydrogen-bond donors (Lipinski definition) is 0. The molecule has 1 fully saturated rings. The fourth-order valence-electron chi connectivity index (χ4n) is 2.57. The van der Waals surface area contributed by atoms with Crippen molar-refractivity contribution in [3.8, 4) is 0 Å². The Morgan fingerprint density at radius 2 is 1.38 bits per heavy atom. The van der Waals surface area contributed by atoms with E-state index in [1.165, 1.54) is 5.76 Å². The first kappa shape index (κ1) is 11.1. The van der Waals surface area contributed by atoms with E-state index in [0.717, 1.165) is 0 Å². The Balaban J connectivity index is 3.10. The number of epoxide rings is 1. The first-order valence-corrected chi connectivity index (χ1v) is 12.0. The summed E-state index contributed by atoms with van der Waals surface area (Å²) in [6.45, 7) is 16.6. The highest BCUT2D eigenvalue weighted by atomic mass is 28.4. The molecule has 0 aromatic rings. The second-order valence-electron chi connectivity index (χ2n) is 5.94. The minimum Gasteiger partial charge on any atom is -0.488 e. The van der Waals surface area contributed by atoms with E-state index in [2.05, 4.69) is 52.3 Å². The average Bonchev–Trinajstić information content (AvgIpc) is 2.57. The van der Waals surface area contributed by atoms with Crippen LogP contribution in [0, 0.1) is 0 Å². The van der Waals surface area contributed by atoms with E-state index in [0.29, 0.717) is 0 Å². The Morgan fingerprint density at radius 3 is 1.46 bits per heavy atom. The predicted molar refractivity (Wildman–Crippen MR) is 64.3 cm³/mol. The van der Waals surface area contributed by atoms with Crippen molar-refractivity contribution in [2.24, 2.45) is 0 Å². The van der Waals surface area contributed by atoms with Crippen LogP contribution in [0.2, 0.25) is 39.3 Å². The van der Waals surface area contributed by atoms with E-state index in [9.17, 15) is 0 Å². The summed E-state index contributed by atoms with van der Waals surface area (Å²) in [4.78, 5) is 0.231. The smallest absolute Gasteiger partial charge is 0.137 e.